The fourth-order valence-electron chi connectivity index (χ4n) is 3.06. The molecule has 1 heteroatoms. The van der Waals surface area contributed by atoms with Crippen molar-refractivity contribution in [1.29, 1.82) is 0 Å². The minimum atomic E-state index is 0.667. The summed E-state index contributed by atoms with van der Waals surface area (Å²) in [7, 11) is 0. The van der Waals surface area contributed by atoms with Crippen LogP contribution in [-0.2, 0) is 0 Å². The van der Waals surface area contributed by atoms with E-state index < -0.39 is 0 Å². The van der Waals surface area contributed by atoms with Crippen molar-refractivity contribution in [2.75, 3.05) is 5.32 Å². The van der Waals surface area contributed by atoms with Crippen LogP contribution in [0.2, 0.25) is 0 Å². The first-order chi connectivity index (χ1) is 9.10. The average Bonchev–Trinajstić information content (AvgIpc) is 2.43. The first-order valence-corrected chi connectivity index (χ1v) is 7.96. The Morgan fingerprint density at radius 2 is 1.79 bits per heavy atom. The molecule has 2 rings (SSSR count). The Labute approximate surface area is 118 Å². The summed E-state index contributed by atoms with van der Waals surface area (Å²) < 4.78 is 0. The van der Waals surface area contributed by atoms with Gasteiger partial charge in [-0.3, -0.25) is 0 Å². The monoisotopic (exact) mass is 259 g/mol. The van der Waals surface area contributed by atoms with Gasteiger partial charge in [-0.25, -0.2) is 0 Å². The zero-order valence-electron chi connectivity index (χ0n) is 12.9. The summed E-state index contributed by atoms with van der Waals surface area (Å²) in [5, 5.41) is 3.72. The van der Waals surface area contributed by atoms with Gasteiger partial charge in [-0.05, 0) is 61.1 Å². The van der Waals surface area contributed by atoms with Crippen molar-refractivity contribution in [2.45, 2.75) is 65.3 Å². The molecule has 1 aliphatic rings. The highest BCUT2D eigenvalue weighted by atomic mass is 14.9. The van der Waals surface area contributed by atoms with E-state index in [2.05, 4.69) is 57.3 Å². The van der Waals surface area contributed by atoms with E-state index in [1.54, 1.807) is 0 Å². The summed E-state index contributed by atoms with van der Waals surface area (Å²) in [6.07, 6.45) is 5.21. The second-order valence-electron chi connectivity index (χ2n) is 6.54. The predicted octanol–water partition coefficient (Wildman–Crippen LogP) is 5.44. The van der Waals surface area contributed by atoms with Crippen LogP contribution in [-0.4, -0.2) is 6.04 Å². The molecule has 0 radical (unpaired) electrons. The van der Waals surface area contributed by atoms with Gasteiger partial charge in [0, 0.05) is 11.7 Å². The van der Waals surface area contributed by atoms with Crippen molar-refractivity contribution in [3.05, 3.63) is 29.8 Å². The lowest BCUT2D eigenvalue weighted by Crippen LogP contribution is -2.30. The van der Waals surface area contributed by atoms with E-state index >= 15 is 0 Å². The highest BCUT2D eigenvalue weighted by Gasteiger charge is 2.24. The SMILES string of the molecule is CCC(C)c1ccc(NC2CCC(C)C(C)C2)cc1. The molecule has 0 heterocycles. The van der Waals surface area contributed by atoms with Crippen LogP contribution >= 0.6 is 0 Å². The van der Waals surface area contributed by atoms with Crippen molar-refractivity contribution >= 4 is 5.69 Å². The molecule has 1 aromatic rings. The highest BCUT2D eigenvalue weighted by molar-refractivity contribution is 5.46. The number of benzene rings is 1. The lowest BCUT2D eigenvalue weighted by molar-refractivity contribution is 0.261. The standard InChI is InChI=1S/C18H29N/c1-5-13(2)16-7-10-17(11-8-16)19-18-9-6-14(3)15(4)12-18/h7-8,10-11,13-15,18-19H,5-6,9,12H2,1-4H3. The fraction of sp³-hybridized carbons (Fsp3) is 0.667. The zero-order chi connectivity index (χ0) is 13.8. The van der Waals surface area contributed by atoms with Crippen LogP contribution in [0.5, 0.6) is 0 Å². The molecule has 0 aromatic heterocycles. The summed E-state index contributed by atoms with van der Waals surface area (Å²) >= 11 is 0. The summed E-state index contributed by atoms with van der Waals surface area (Å²) in [6, 6.07) is 9.74. The molecule has 1 fully saturated rings. The van der Waals surface area contributed by atoms with Gasteiger partial charge in [0.25, 0.3) is 0 Å². The molecule has 0 bridgehead atoms. The Hall–Kier alpha value is -0.980. The number of hydrogen-bond acceptors (Lipinski definition) is 1. The average molecular weight is 259 g/mol. The van der Waals surface area contributed by atoms with E-state index in [9.17, 15) is 0 Å². The minimum absolute atomic E-state index is 0.667. The fourth-order valence-corrected chi connectivity index (χ4v) is 3.06. The number of nitrogens with one attached hydrogen (secondary N) is 1. The second kappa shape index (κ2) is 6.45. The van der Waals surface area contributed by atoms with E-state index in [4.69, 9.17) is 0 Å². The summed E-state index contributed by atoms with van der Waals surface area (Å²) in [4.78, 5) is 0. The Morgan fingerprint density at radius 3 is 2.37 bits per heavy atom. The first kappa shape index (κ1) is 14.4. The Kier molecular flexibility index (Phi) is 4.90. The third-order valence-electron chi connectivity index (χ3n) is 5.06. The quantitative estimate of drug-likeness (QED) is 0.759. The molecule has 1 aliphatic carbocycles. The molecule has 106 valence electrons. The zero-order valence-corrected chi connectivity index (χ0v) is 12.9. The van der Waals surface area contributed by atoms with Gasteiger partial charge < -0.3 is 5.32 Å². The van der Waals surface area contributed by atoms with Crippen LogP contribution in [0, 0.1) is 11.8 Å². The molecule has 19 heavy (non-hydrogen) atoms. The van der Waals surface area contributed by atoms with Gasteiger partial charge in [0.1, 0.15) is 0 Å². The maximum Gasteiger partial charge on any atom is 0.0342 e. The van der Waals surface area contributed by atoms with Crippen molar-refractivity contribution in [3.8, 4) is 0 Å². The third-order valence-corrected chi connectivity index (χ3v) is 5.06. The van der Waals surface area contributed by atoms with E-state index in [0.29, 0.717) is 12.0 Å². The smallest absolute Gasteiger partial charge is 0.0342 e. The number of anilines is 1. The van der Waals surface area contributed by atoms with Crippen molar-refractivity contribution < 1.29 is 0 Å². The maximum absolute atomic E-state index is 3.72. The highest BCUT2D eigenvalue weighted by Crippen LogP contribution is 2.31. The topological polar surface area (TPSA) is 12.0 Å². The van der Waals surface area contributed by atoms with Gasteiger partial charge in [0.05, 0.1) is 0 Å². The molecule has 1 aromatic carbocycles. The first-order valence-electron chi connectivity index (χ1n) is 7.96. The number of hydrogen-bond donors (Lipinski definition) is 1. The van der Waals surface area contributed by atoms with Crippen LogP contribution < -0.4 is 5.32 Å². The maximum atomic E-state index is 3.72. The Bertz CT molecular complexity index is 381. The van der Waals surface area contributed by atoms with Gasteiger partial charge in [-0.2, -0.15) is 0 Å². The second-order valence-corrected chi connectivity index (χ2v) is 6.54. The lowest BCUT2D eigenvalue weighted by Gasteiger charge is -2.33. The molecule has 0 aliphatic heterocycles. The van der Waals surface area contributed by atoms with E-state index in [0.717, 1.165) is 11.8 Å². The molecule has 4 atom stereocenters. The largest absolute Gasteiger partial charge is 0.382 e. The molecular formula is C18H29N. The van der Waals surface area contributed by atoms with Gasteiger partial charge in [0.15, 0.2) is 0 Å². The van der Waals surface area contributed by atoms with E-state index in [-0.39, 0.29) is 0 Å². The van der Waals surface area contributed by atoms with Gasteiger partial charge in [0.2, 0.25) is 0 Å². The lowest BCUT2D eigenvalue weighted by atomic mass is 9.79. The van der Waals surface area contributed by atoms with Crippen molar-refractivity contribution in [3.63, 3.8) is 0 Å². The Balaban J connectivity index is 1.93. The molecule has 1 N–H and O–H groups in total. The normalized spacial score (nSPS) is 28.9. The summed E-state index contributed by atoms with van der Waals surface area (Å²) in [6.45, 7) is 9.33. The van der Waals surface area contributed by atoms with Crippen LogP contribution in [0.15, 0.2) is 24.3 Å². The van der Waals surface area contributed by atoms with Crippen molar-refractivity contribution in [2.24, 2.45) is 11.8 Å². The molecular weight excluding hydrogens is 230 g/mol. The molecule has 1 saturated carbocycles. The van der Waals surface area contributed by atoms with Gasteiger partial charge in [-0.1, -0.05) is 39.8 Å². The van der Waals surface area contributed by atoms with Crippen LogP contribution in [0.1, 0.15) is 64.9 Å². The van der Waals surface area contributed by atoms with E-state index in [1.807, 2.05) is 0 Å². The predicted molar refractivity (Wildman–Crippen MR) is 84.7 cm³/mol. The van der Waals surface area contributed by atoms with Gasteiger partial charge >= 0.3 is 0 Å². The molecule has 0 saturated heterocycles. The minimum Gasteiger partial charge on any atom is -0.382 e. The van der Waals surface area contributed by atoms with E-state index in [1.165, 1.54) is 36.9 Å². The molecule has 4 unspecified atom stereocenters. The van der Waals surface area contributed by atoms with Crippen LogP contribution in [0.4, 0.5) is 5.69 Å². The molecule has 0 amide bonds. The molecule has 0 spiro atoms. The molecule has 1 nitrogen and oxygen atoms in total. The Morgan fingerprint density at radius 1 is 1.11 bits per heavy atom. The van der Waals surface area contributed by atoms with Crippen LogP contribution in [0.3, 0.4) is 0 Å². The number of rotatable bonds is 4. The third kappa shape index (κ3) is 3.75. The van der Waals surface area contributed by atoms with Gasteiger partial charge in [-0.15, -0.1) is 0 Å². The summed E-state index contributed by atoms with van der Waals surface area (Å²) in [5.74, 6) is 2.42. The van der Waals surface area contributed by atoms with Crippen molar-refractivity contribution in [1.82, 2.24) is 0 Å². The van der Waals surface area contributed by atoms with Crippen LogP contribution in [0.25, 0.3) is 0 Å². The summed E-state index contributed by atoms with van der Waals surface area (Å²) in [5.41, 5.74) is 2.75.